The molecule has 2 aromatic rings. The van der Waals surface area contributed by atoms with Gasteiger partial charge >= 0.3 is 5.97 Å². The topological polar surface area (TPSA) is 93.1 Å². The first-order chi connectivity index (χ1) is 12.4. The molecule has 140 valence electrons. The van der Waals surface area contributed by atoms with Gasteiger partial charge in [-0.2, -0.15) is 10.2 Å². The Bertz CT molecular complexity index is 790. The molecule has 0 aliphatic heterocycles. The number of carbonyl (C=O) groups is 2. The van der Waals surface area contributed by atoms with Gasteiger partial charge in [-0.1, -0.05) is 0 Å². The normalized spacial score (nSPS) is 18.6. The van der Waals surface area contributed by atoms with Gasteiger partial charge in [0.15, 0.2) is 0 Å². The van der Waals surface area contributed by atoms with Crippen LogP contribution in [0.2, 0.25) is 0 Å². The highest BCUT2D eigenvalue weighted by Crippen LogP contribution is 2.40. The molecule has 2 heterocycles. The van der Waals surface area contributed by atoms with Crippen LogP contribution in [0.1, 0.15) is 40.9 Å². The van der Waals surface area contributed by atoms with Crippen molar-refractivity contribution in [2.45, 2.75) is 33.7 Å². The molecule has 3 rings (SSSR count). The fraction of sp³-hybridized carbons (Fsp3) is 0.556. The lowest BCUT2D eigenvalue weighted by atomic mass is 10.2. The van der Waals surface area contributed by atoms with E-state index in [0.717, 1.165) is 23.5 Å². The summed E-state index contributed by atoms with van der Waals surface area (Å²) in [6, 6.07) is 3.69. The van der Waals surface area contributed by atoms with E-state index in [4.69, 9.17) is 4.74 Å². The molecule has 0 saturated heterocycles. The summed E-state index contributed by atoms with van der Waals surface area (Å²) in [5.41, 5.74) is 3.05. The second kappa shape index (κ2) is 7.31. The Morgan fingerprint density at radius 2 is 2.15 bits per heavy atom. The van der Waals surface area contributed by atoms with E-state index in [9.17, 15) is 9.59 Å². The van der Waals surface area contributed by atoms with Crippen molar-refractivity contribution in [1.29, 1.82) is 0 Å². The first kappa shape index (κ1) is 18.2. The van der Waals surface area contributed by atoms with Gasteiger partial charge in [-0.3, -0.25) is 19.4 Å². The van der Waals surface area contributed by atoms with E-state index in [2.05, 4.69) is 15.3 Å². The largest absolute Gasteiger partial charge is 0.466 e. The molecule has 0 bridgehead atoms. The van der Waals surface area contributed by atoms with Gasteiger partial charge in [-0.15, -0.1) is 0 Å². The molecule has 1 N–H and O–H groups in total. The highest BCUT2D eigenvalue weighted by atomic mass is 16.5. The Morgan fingerprint density at radius 3 is 2.73 bits per heavy atom. The maximum atomic E-state index is 12.9. The quantitative estimate of drug-likeness (QED) is 0.758. The summed E-state index contributed by atoms with van der Waals surface area (Å²) >= 11 is 0. The number of hydrogen-bond donors (Lipinski definition) is 1. The number of H-pyrrole nitrogens is 1. The zero-order chi connectivity index (χ0) is 18.8. The number of aryl methyl sites for hydroxylation is 3. The van der Waals surface area contributed by atoms with Crippen molar-refractivity contribution in [3.8, 4) is 0 Å². The standard InChI is InChI=1S/C18H25N5O3/c1-5-26-18(25)15-8-13(15)9-23(10-14-7-12(3)22(4)21-14)17(24)16-6-11(2)19-20-16/h6-7,13,15H,5,8-10H2,1-4H3,(H,19,20). The maximum absolute atomic E-state index is 12.9. The smallest absolute Gasteiger partial charge is 0.309 e. The second-order valence-electron chi connectivity index (χ2n) is 6.88. The fourth-order valence-corrected chi connectivity index (χ4v) is 3.09. The molecule has 0 aromatic carbocycles. The van der Waals surface area contributed by atoms with Gasteiger partial charge in [-0.25, -0.2) is 0 Å². The number of esters is 1. The van der Waals surface area contributed by atoms with Crippen molar-refractivity contribution in [2.24, 2.45) is 18.9 Å². The van der Waals surface area contributed by atoms with Crippen LogP contribution >= 0.6 is 0 Å². The SMILES string of the molecule is CCOC(=O)C1CC1CN(Cc1cc(C)n(C)n1)C(=O)c1cc(C)[nH]n1. The van der Waals surface area contributed by atoms with Gasteiger partial charge in [0.25, 0.3) is 5.91 Å². The van der Waals surface area contributed by atoms with Crippen LogP contribution in [0.3, 0.4) is 0 Å². The van der Waals surface area contributed by atoms with Crippen molar-refractivity contribution in [2.75, 3.05) is 13.2 Å². The van der Waals surface area contributed by atoms with Gasteiger partial charge in [-0.05, 0) is 45.2 Å². The van der Waals surface area contributed by atoms with Crippen molar-refractivity contribution >= 4 is 11.9 Å². The summed E-state index contributed by atoms with van der Waals surface area (Å²) in [4.78, 5) is 26.5. The van der Waals surface area contributed by atoms with Gasteiger partial charge in [0.2, 0.25) is 0 Å². The molecule has 1 fully saturated rings. The number of aromatic amines is 1. The summed E-state index contributed by atoms with van der Waals surface area (Å²) in [5.74, 6) is -0.319. The number of ether oxygens (including phenoxy) is 1. The molecule has 1 aliphatic carbocycles. The Labute approximate surface area is 152 Å². The third-order valence-corrected chi connectivity index (χ3v) is 4.70. The number of carbonyl (C=O) groups excluding carboxylic acids is 2. The molecule has 8 heteroatoms. The van der Waals surface area contributed by atoms with Crippen molar-refractivity contribution < 1.29 is 14.3 Å². The lowest BCUT2D eigenvalue weighted by Gasteiger charge is -2.21. The van der Waals surface area contributed by atoms with E-state index in [1.807, 2.05) is 27.0 Å². The van der Waals surface area contributed by atoms with E-state index >= 15 is 0 Å². The molecule has 26 heavy (non-hydrogen) atoms. The zero-order valence-electron chi connectivity index (χ0n) is 15.7. The Hall–Kier alpha value is -2.64. The van der Waals surface area contributed by atoms with E-state index < -0.39 is 0 Å². The molecule has 0 spiro atoms. The molecular weight excluding hydrogens is 334 g/mol. The number of rotatable bonds is 7. The molecular formula is C18H25N5O3. The highest BCUT2D eigenvalue weighted by molar-refractivity contribution is 5.92. The maximum Gasteiger partial charge on any atom is 0.309 e. The second-order valence-corrected chi connectivity index (χ2v) is 6.88. The van der Waals surface area contributed by atoms with Crippen LogP contribution in [0.5, 0.6) is 0 Å². The fourth-order valence-electron chi connectivity index (χ4n) is 3.09. The Balaban J connectivity index is 1.73. The summed E-state index contributed by atoms with van der Waals surface area (Å²) < 4.78 is 6.87. The number of aromatic nitrogens is 4. The first-order valence-corrected chi connectivity index (χ1v) is 8.86. The van der Waals surface area contributed by atoms with Crippen LogP contribution in [-0.4, -0.2) is 49.9 Å². The minimum Gasteiger partial charge on any atom is -0.466 e. The predicted molar refractivity (Wildman–Crippen MR) is 94.2 cm³/mol. The number of nitrogens with one attached hydrogen (secondary N) is 1. The Kier molecular flexibility index (Phi) is 5.11. The van der Waals surface area contributed by atoms with Gasteiger partial charge < -0.3 is 9.64 Å². The first-order valence-electron chi connectivity index (χ1n) is 8.86. The average molecular weight is 359 g/mol. The van der Waals surface area contributed by atoms with Crippen LogP contribution in [0.4, 0.5) is 0 Å². The number of nitrogens with zero attached hydrogens (tertiary/aromatic N) is 4. The predicted octanol–water partition coefficient (Wildman–Crippen LogP) is 1.60. The minimum absolute atomic E-state index is 0.114. The summed E-state index contributed by atoms with van der Waals surface area (Å²) in [6.07, 6.45) is 0.753. The molecule has 2 atom stereocenters. The number of amides is 1. The summed E-state index contributed by atoms with van der Waals surface area (Å²) in [6.45, 7) is 6.88. The summed E-state index contributed by atoms with van der Waals surface area (Å²) in [5, 5.41) is 11.3. The van der Waals surface area contributed by atoms with Gasteiger partial charge in [0.05, 0.1) is 24.8 Å². The van der Waals surface area contributed by atoms with Crippen molar-refractivity contribution in [3.05, 3.63) is 34.9 Å². The molecule has 2 unspecified atom stereocenters. The van der Waals surface area contributed by atoms with Crippen LogP contribution in [0.15, 0.2) is 12.1 Å². The van der Waals surface area contributed by atoms with Crippen LogP contribution < -0.4 is 0 Å². The molecule has 8 nitrogen and oxygen atoms in total. The monoisotopic (exact) mass is 359 g/mol. The lowest BCUT2D eigenvalue weighted by Crippen LogP contribution is -2.33. The molecule has 2 aromatic heterocycles. The molecule has 1 saturated carbocycles. The molecule has 1 aliphatic rings. The molecule has 1 amide bonds. The van der Waals surface area contributed by atoms with Crippen LogP contribution in [0.25, 0.3) is 0 Å². The zero-order valence-corrected chi connectivity index (χ0v) is 15.7. The minimum atomic E-state index is -0.172. The van der Waals surface area contributed by atoms with Gasteiger partial charge in [0, 0.05) is 25.0 Å². The van der Waals surface area contributed by atoms with Crippen LogP contribution in [-0.2, 0) is 23.1 Å². The van der Waals surface area contributed by atoms with E-state index in [-0.39, 0.29) is 23.7 Å². The van der Waals surface area contributed by atoms with Crippen molar-refractivity contribution in [3.63, 3.8) is 0 Å². The summed E-state index contributed by atoms with van der Waals surface area (Å²) in [7, 11) is 1.87. The Morgan fingerprint density at radius 1 is 1.38 bits per heavy atom. The van der Waals surface area contributed by atoms with Crippen molar-refractivity contribution in [1.82, 2.24) is 24.9 Å². The van der Waals surface area contributed by atoms with Crippen LogP contribution in [0, 0.1) is 25.7 Å². The lowest BCUT2D eigenvalue weighted by molar-refractivity contribution is -0.145. The van der Waals surface area contributed by atoms with E-state index in [0.29, 0.717) is 25.4 Å². The average Bonchev–Trinajstić information content (AvgIpc) is 3.11. The van der Waals surface area contributed by atoms with Gasteiger partial charge in [0.1, 0.15) is 5.69 Å². The van der Waals surface area contributed by atoms with E-state index in [1.165, 1.54) is 0 Å². The third kappa shape index (κ3) is 3.95. The highest BCUT2D eigenvalue weighted by Gasteiger charge is 2.45. The number of hydrogen-bond acceptors (Lipinski definition) is 5. The third-order valence-electron chi connectivity index (χ3n) is 4.70. The molecule has 0 radical (unpaired) electrons. The van der Waals surface area contributed by atoms with E-state index in [1.54, 1.807) is 22.6 Å².